The quantitative estimate of drug-likeness (QED) is 0.488. The Morgan fingerprint density at radius 1 is 1.16 bits per heavy atom. The normalized spacial score (nSPS) is 10.6. The highest BCUT2D eigenvalue weighted by atomic mass is 35.5. The number of carbonyl (C=O) groups is 1. The Balaban J connectivity index is 2.01. The van der Waals surface area contributed by atoms with Gasteiger partial charge in [-0.1, -0.05) is 35.0 Å². The van der Waals surface area contributed by atoms with Crippen molar-refractivity contribution in [3.8, 4) is 0 Å². The molecule has 0 radical (unpaired) electrons. The highest BCUT2D eigenvalue weighted by Gasteiger charge is 2.06. The van der Waals surface area contributed by atoms with E-state index in [1.165, 1.54) is 30.5 Å². The number of oxime groups is 1. The largest absolute Gasteiger partial charge is 0.365 e. The van der Waals surface area contributed by atoms with Crippen LogP contribution in [0, 0.1) is 5.82 Å². The second-order valence-corrected chi connectivity index (χ2v) is 4.05. The van der Waals surface area contributed by atoms with E-state index in [1.54, 1.807) is 24.3 Å². The highest BCUT2D eigenvalue weighted by Crippen LogP contribution is 2.12. The SMILES string of the molecule is O=C(O/N=C\c1ccccc1Cl)c1ccc(F)cc1. The van der Waals surface area contributed by atoms with Crippen LogP contribution in [0.3, 0.4) is 0 Å². The number of carbonyl (C=O) groups excluding carboxylic acids is 1. The molecule has 0 aromatic heterocycles. The molecule has 0 saturated carbocycles. The molecule has 0 heterocycles. The van der Waals surface area contributed by atoms with Gasteiger partial charge in [-0.25, -0.2) is 9.18 Å². The topological polar surface area (TPSA) is 38.7 Å². The van der Waals surface area contributed by atoms with E-state index in [4.69, 9.17) is 11.6 Å². The second-order valence-electron chi connectivity index (χ2n) is 3.64. The molecular weight excluding hydrogens is 269 g/mol. The van der Waals surface area contributed by atoms with Gasteiger partial charge in [0.1, 0.15) is 5.82 Å². The summed E-state index contributed by atoms with van der Waals surface area (Å²) in [5.74, 6) is -1.08. The number of halogens is 2. The number of nitrogens with zero attached hydrogens (tertiary/aromatic N) is 1. The Labute approximate surface area is 114 Å². The van der Waals surface area contributed by atoms with Crippen molar-refractivity contribution < 1.29 is 14.0 Å². The second kappa shape index (κ2) is 6.11. The summed E-state index contributed by atoms with van der Waals surface area (Å²) < 4.78 is 12.7. The van der Waals surface area contributed by atoms with E-state index >= 15 is 0 Å². The van der Waals surface area contributed by atoms with Crippen molar-refractivity contribution in [1.29, 1.82) is 0 Å². The van der Waals surface area contributed by atoms with Gasteiger partial charge in [0.2, 0.25) is 0 Å². The molecule has 0 aliphatic heterocycles. The highest BCUT2D eigenvalue weighted by molar-refractivity contribution is 6.33. The predicted octanol–water partition coefficient (Wildman–Crippen LogP) is 3.67. The molecule has 2 aromatic carbocycles. The van der Waals surface area contributed by atoms with Crippen LogP contribution in [-0.4, -0.2) is 12.2 Å². The molecule has 0 spiro atoms. The summed E-state index contributed by atoms with van der Waals surface area (Å²) in [5.41, 5.74) is 0.855. The number of hydrogen-bond acceptors (Lipinski definition) is 3. The zero-order chi connectivity index (χ0) is 13.7. The zero-order valence-corrected chi connectivity index (χ0v) is 10.5. The Morgan fingerprint density at radius 2 is 1.84 bits per heavy atom. The Hall–Kier alpha value is -2.20. The van der Waals surface area contributed by atoms with Crippen molar-refractivity contribution in [2.24, 2.45) is 5.16 Å². The average Bonchev–Trinajstić information content (AvgIpc) is 2.41. The molecule has 0 unspecified atom stereocenters. The third-order valence-electron chi connectivity index (χ3n) is 2.31. The minimum atomic E-state index is -0.664. The van der Waals surface area contributed by atoms with E-state index < -0.39 is 11.8 Å². The fourth-order valence-electron chi connectivity index (χ4n) is 1.35. The minimum Gasteiger partial charge on any atom is -0.313 e. The third-order valence-corrected chi connectivity index (χ3v) is 2.66. The molecular formula is C14H9ClFNO2. The minimum absolute atomic E-state index is 0.220. The van der Waals surface area contributed by atoms with Crippen LogP contribution >= 0.6 is 11.6 Å². The summed E-state index contributed by atoms with van der Waals surface area (Å²) in [4.78, 5) is 16.2. The monoisotopic (exact) mass is 277 g/mol. The van der Waals surface area contributed by atoms with E-state index in [0.717, 1.165) is 0 Å². The van der Waals surface area contributed by atoms with Crippen LogP contribution in [0.25, 0.3) is 0 Å². The molecule has 0 aliphatic rings. The van der Waals surface area contributed by atoms with Crippen molar-refractivity contribution in [1.82, 2.24) is 0 Å². The smallest absolute Gasteiger partial charge is 0.313 e. The first-order valence-corrected chi connectivity index (χ1v) is 5.79. The summed E-state index contributed by atoms with van der Waals surface area (Å²) in [7, 11) is 0. The molecule has 2 rings (SSSR count). The molecule has 3 nitrogen and oxygen atoms in total. The average molecular weight is 278 g/mol. The van der Waals surface area contributed by atoms with Gasteiger partial charge in [-0.3, -0.25) is 0 Å². The lowest BCUT2D eigenvalue weighted by Gasteiger charge is -1.98. The van der Waals surface area contributed by atoms with Crippen LogP contribution in [-0.2, 0) is 4.84 Å². The molecule has 0 bridgehead atoms. The Bertz CT molecular complexity index is 611. The van der Waals surface area contributed by atoms with Crippen LogP contribution in [0.5, 0.6) is 0 Å². The van der Waals surface area contributed by atoms with Crippen LogP contribution < -0.4 is 0 Å². The van der Waals surface area contributed by atoms with Crippen molar-refractivity contribution in [3.05, 3.63) is 70.5 Å². The van der Waals surface area contributed by atoms with E-state index in [0.29, 0.717) is 10.6 Å². The van der Waals surface area contributed by atoms with Gasteiger partial charge < -0.3 is 4.84 Å². The summed E-state index contributed by atoms with van der Waals surface area (Å²) in [6.45, 7) is 0. The fourth-order valence-corrected chi connectivity index (χ4v) is 1.53. The first-order chi connectivity index (χ1) is 9.16. The summed E-state index contributed by atoms with van der Waals surface area (Å²) in [6, 6.07) is 12.0. The first kappa shape index (κ1) is 13.2. The van der Waals surface area contributed by atoms with Crippen LogP contribution in [0.1, 0.15) is 15.9 Å². The lowest BCUT2D eigenvalue weighted by atomic mass is 10.2. The lowest BCUT2D eigenvalue weighted by molar-refractivity contribution is 0.0519. The fraction of sp³-hybridized carbons (Fsp3) is 0. The molecule has 0 atom stereocenters. The lowest BCUT2D eigenvalue weighted by Crippen LogP contribution is -2.01. The number of hydrogen-bond donors (Lipinski definition) is 0. The van der Waals surface area contributed by atoms with Crippen LogP contribution in [0.2, 0.25) is 5.02 Å². The first-order valence-electron chi connectivity index (χ1n) is 5.41. The van der Waals surface area contributed by atoms with Gasteiger partial charge in [-0.15, -0.1) is 0 Å². The molecule has 0 amide bonds. The van der Waals surface area contributed by atoms with Crippen molar-refractivity contribution in [3.63, 3.8) is 0 Å². The van der Waals surface area contributed by atoms with Crippen molar-refractivity contribution >= 4 is 23.8 Å². The zero-order valence-electron chi connectivity index (χ0n) is 9.72. The Kier molecular flexibility index (Phi) is 4.26. The maximum absolute atomic E-state index is 12.7. The molecule has 19 heavy (non-hydrogen) atoms. The molecule has 0 saturated heterocycles. The van der Waals surface area contributed by atoms with Gasteiger partial charge in [0.25, 0.3) is 0 Å². The van der Waals surface area contributed by atoms with Crippen molar-refractivity contribution in [2.75, 3.05) is 0 Å². The van der Waals surface area contributed by atoms with Gasteiger partial charge in [-0.2, -0.15) is 0 Å². The van der Waals surface area contributed by atoms with Crippen LogP contribution in [0.15, 0.2) is 53.7 Å². The standard InChI is InChI=1S/C14H9ClFNO2/c15-13-4-2-1-3-11(13)9-17-19-14(18)10-5-7-12(16)8-6-10/h1-9H/b17-9-. The predicted molar refractivity (Wildman–Crippen MR) is 70.9 cm³/mol. The molecule has 0 N–H and O–H groups in total. The molecule has 5 heteroatoms. The van der Waals surface area contributed by atoms with E-state index in [1.807, 2.05) is 0 Å². The molecule has 2 aromatic rings. The van der Waals surface area contributed by atoms with Gasteiger partial charge in [-0.05, 0) is 30.3 Å². The maximum atomic E-state index is 12.7. The van der Waals surface area contributed by atoms with Gasteiger partial charge in [0, 0.05) is 10.6 Å². The number of benzene rings is 2. The summed E-state index contributed by atoms with van der Waals surface area (Å²) in [6.07, 6.45) is 1.34. The van der Waals surface area contributed by atoms with E-state index in [2.05, 4.69) is 9.99 Å². The maximum Gasteiger partial charge on any atom is 0.365 e. The third kappa shape index (κ3) is 3.63. The van der Waals surface area contributed by atoms with Gasteiger partial charge in [0.05, 0.1) is 11.8 Å². The summed E-state index contributed by atoms with van der Waals surface area (Å²) in [5, 5.41) is 4.05. The van der Waals surface area contributed by atoms with Crippen LogP contribution in [0.4, 0.5) is 4.39 Å². The van der Waals surface area contributed by atoms with Crippen molar-refractivity contribution in [2.45, 2.75) is 0 Å². The molecule has 0 aliphatic carbocycles. The van der Waals surface area contributed by atoms with E-state index in [9.17, 15) is 9.18 Å². The number of rotatable bonds is 3. The van der Waals surface area contributed by atoms with Gasteiger partial charge in [0.15, 0.2) is 0 Å². The molecule has 0 fully saturated rings. The Morgan fingerprint density at radius 3 is 2.53 bits per heavy atom. The van der Waals surface area contributed by atoms with Gasteiger partial charge >= 0.3 is 5.97 Å². The summed E-state index contributed by atoms with van der Waals surface area (Å²) >= 11 is 5.90. The molecule has 96 valence electrons. The van der Waals surface area contributed by atoms with E-state index in [-0.39, 0.29) is 5.56 Å².